The number of unbranched alkanes of at least 4 members (excludes halogenated alkanes) is 9. The number of rotatable bonds is 14. The van der Waals surface area contributed by atoms with Crippen LogP contribution >= 0.6 is 0 Å². The van der Waals surface area contributed by atoms with Crippen LogP contribution in [0.15, 0.2) is 24.3 Å². The minimum absolute atomic E-state index is 0.395. The van der Waals surface area contributed by atoms with Gasteiger partial charge in [0.05, 0.1) is 0 Å². The highest BCUT2D eigenvalue weighted by Crippen LogP contribution is 2.16. The Hall–Kier alpha value is -1.02. The van der Waals surface area contributed by atoms with Gasteiger partial charge in [-0.3, -0.25) is 0 Å². The first kappa shape index (κ1) is 20.0. The molecule has 0 aliphatic rings. The number of phenols is 1. The molecule has 2 nitrogen and oxygen atoms in total. The average molecular weight is 320 g/mol. The van der Waals surface area contributed by atoms with Crippen molar-refractivity contribution in [3.63, 3.8) is 0 Å². The van der Waals surface area contributed by atoms with Crippen molar-refractivity contribution in [3.8, 4) is 5.75 Å². The molecule has 2 N–H and O–H groups in total. The first-order chi connectivity index (χ1) is 11.2. The van der Waals surface area contributed by atoms with E-state index in [4.69, 9.17) is 0 Å². The zero-order chi connectivity index (χ0) is 16.8. The molecular formula is C21H37NO. The first-order valence-electron chi connectivity index (χ1n) is 9.74. The van der Waals surface area contributed by atoms with Gasteiger partial charge < -0.3 is 10.4 Å². The summed E-state index contributed by atoms with van der Waals surface area (Å²) in [4.78, 5) is 0. The Morgan fingerprint density at radius 1 is 0.870 bits per heavy atom. The molecule has 0 amide bonds. The SMILES string of the molecule is CCCCCCCCCCCCC(C)NCc1ccccc1O. The van der Waals surface area contributed by atoms with Crippen molar-refractivity contribution in [2.45, 2.75) is 97.1 Å². The van der Waals surface area contributed by atoms with E-state index in [2.05, 4.69) is 19.2 Å². The largest absolute Gasteiger partial charge is 0.508 e. The molecule has 1 rings (SSSR count). The van der Waals surface area contributed by atoms with Gasteiger partial charge in [0.1, 0.15) is 5.75 Å². The molecule has 1 aromatic rings. The van der Waals surface area contributed by atoms with E-state index in [-0.39, 0.29) is 0 Å². The van der Waals surface area contributed by atoms with E-state index >= 15 is 0 Å². The number of phenolic OH excluding ortho intramolecular Hbond substituents is 1. The van der Waals surface area contributed by atoms with Crippen LogP contribution in [0.1, 0.15) is 90.0 Å². The molecule has 0 radical (unpaired) electrons. The van der Waals surface area contributed by atoms with Crippen LogP contribution < -0.4 is 5.32 Å². The lowest BCUT2D eigenvalue weighted by Crippen LogP contribution is -2.25. The summed E-state index contributed by atoms with van der Waals surface area (Å²) in [5.74, 6) is 0.395. The van der Waals surface area contributed by atoms with Crippen LogP contribution in [0.4, 0.5) is 0 Å². The fourth-order valence-corrected chi connectivity index (χ4v) is 2.98. The molecule has 132 valence electrons. The van der Waals surface area contributed by atoms with Gasteiger partial charge in [-0.05, 0) is 19.4 Å². The highest BCUT2D eigenvalue weighted by Gasteiger charge is 2.04. The monoisotopic (exact) mass is 319 g/mol. The average Bonchev–Trinajstić information content (AvgIpc) is 2.56. The van der Waals surface area contributed by atoms with Gasteiger partial charge in [-0.1, -0.05) is 89.3 Å². The van der Waals surface area contributed by atoms with E-state index in [9.17, 15) is 5.11 Å². The Bertz CT molecular complexity index is 391. The molecule has 0 aliphatic heterocycles. The van der Waals surface area contributed by atoms with Crippen LogP contribution in [-0.4, -0.2) is 11.1 Å². The standard InChI is InChI=1S/C21H37NO/c1-3-4-5-6-7-8-9-10-11-12-15-19(2)22-18-20-16-13-14-17-21(20)23/h13-14,16-17,19,22-23H,3-12,15,18H2,1-2H3. The topological polar surface area (TPSA) is 32.3 Å². The number of hydrogen-bond donors (Lipinski definition) is 2. The summed E-state index contributed by atoms with van der Waals surface area (Å²) in [5.41, 5.74) is 0.988. The van der Waals surface area contributed by atoms with Gasteiger partial charge in [-0.25, -0.2) is 0 Å². The van der Waals surface area contributed by atoms with Gasteiger partial charge in [0.15, 0.2) is 0 Å². The first-order valence-corrected chi connectivity index (χ1v) is 9.74. The molecule has 2 heteroatoms. The second-order valence-electron chi connectivity index (χ2n) is 6.88. The zero-order valence-corrected chi connectivity index (χ0v) is 15.3. The van der Waals surface area contributed by atoms with E-state index in [0.717, 1.165) is 12.1 Å². The highest BCUT2D eigenvalue weighted by molar-refractivity contribution is 5.31. The van der Waals surface area contributed by atoms with Crippen LogP contribution in [0.25, 0.3) is 0 Å². The molecule has 1 unspecified atom stereocenters. The van der Waals surface area contributed by atoms with Crippen LogP contribution in [0.2, 0.25) is 0 Å². The summed E-state index contributed by atoms with van der Waals surface area (Å²) in [6.45, 7) is 5.28. The molecule has 0 bridgehead atoms. The second-order valence-corrected chi connectivity index (χ2v) is 6.88. The van der Waals surface area contributed by atoms with Crippen molar-refractivity contribution in [2.24, 2.45) is 0 Å². The Balaban J connectivity index is 1.92. The van der Waals surface area contributed by atoms with Crippen molar-refractivity contribution in [1.29, 1.82) is 0 Å². The number of hydrogen-bond acceptors (Lipinski definition) is 2. The van der Waals surface area contributed by atoms with E-state index in [1.165, 1.54) is 70.6 Å². The maximum Gasteiger partial charge on any atom is 0.120 e. The van der Waals surface area contributed by atoms with Crippen molar-refractivity contribution < 1.29 is 5.11 Å². The maximum absolute atomic E-state index is 9.75. The van der Waals surface area contributed by atoms with Gasteiger partial charge >= 0.3 is 0 Å². The summed E-state index contributed by atoms with van der Waals surface area (Å²) in [7, 11) is 0. The lowest BCUT2D eigenvalue weighted by Gasteiger charge is -2.14. The summed E-state index contributed by atoms with van der Waals surface area (Å²) in [5, 5.41) is 13.3. The van der Waals surface area contributed by atoms with Gasteiger partial charge in [0.25, 0.3) is 0 Å². The van der Waals surface area contributed by atoms with E-state index in [1.54, 1.807) is 6.07 Å². The predicted octanol–water partition coefficient (Wildman–Crippen LogP) is 6.18. The van der Waals surface area contributed by atoms with Crippen LogP contribution in [0.3, 0.4) is 0 Å². The minimum Gasteiger partial charge on any atom is -0.508 e. The molecule has 23 heavy (non-hydrogen) atoms. The number of benzene rings is 1. The quantitative estimate of drug-likeness (QED) is 0.401. The lowest BCUT2D eigenvalue weighted by molar-refractivity contribution is 0.448. The third-order valence-corrected chi connectivity index (χ3v) is 4.62. The van der Waals surface area contributed by atoms with Gasteiger partial charge in [0.2, 0.25) is 0 Å². The van der Waals surface area contributed by atoms with E-state index in [0.29, 0.717) is 11.8 Å². The Labute approximate surface area is 143 Å². The number of para-hydroxylation sites is 1. The molecule has 0 saturated heterocycles. The van der Waals surface area contributed by atoms with Gasteiger partial charge in [-0.15, -0.1) is 0 Å². The molecule has 0 fully saturated rings. The summed E-state index contributed by atoms with van der Waals surface area (Å²) in [6.07, 6.45) is 15.2. The Kier molecular flexibility index (Phi) is 11.7. The van der Waals surface area contributed by atoms with Crippen LogP contribution in [0.5, 0.6) is 5.75 Å². The highest BCUT2D eigenvalue weighted by atomic mass is 16.3. The maximum atomic E-state index is 9.75. The molecule has 1 aromatic carbocycles. The molecule has 0 aliphatic carbocycles. The Morgan fingerprint density at radius 3 is 2.04 bits per heavy atom. The molecule has 0 heterocycles. The summed E-state index contributed by atoms with van der Waals surface area (Å²) >= 11 is 0. The molecular weight excluding hydrogens is 282 g/mol. The minimum atomic E-state index is 0.395. The van der Waals surface area contributed by atoms with Crippen molar-refractivity contribution >= 4 is 0 Å². The zero-order valence-electron chi connectivity index (χ0n) is 15.3. The fraction of sp³-hybridized carbons (Fsp3) is 0.714. The third kappa shape index (κ3) is 10.4. The smallest absolute Gasteiger partial charge is 0.120 e. The molecule has 0 spiro atoms. The predicted molar refractivity (Wildman–Crippen MR) is 101 cm³/mol. The second kappa shape index (κ2) is 13.4. The summed E-state index contributed by atoms with van der Waals surface area (Å²) < 4.78 is 0. The molecule has 0 saturated carbocycles. The Morgan fingerprint density at radius 2 is 1.43 bits per heavy atom. The lowest BCUT2D eigenvalue weighted by atomic mass is 10.0. The van der Waals surface area contributed by atoms with Crippen molar-refractivity contribution in [1.82, 2.24) is 5.32 Å². The van der Waals surface area contributed by atoms with Gasteiger partial charge in [0, 0.05) is 18.2 Å². The van der Waals surface area contributed by atoms with Crippen LogP contribution in [-0.2, 0) is 6.54 Å². The fourth-order valence-electron chi connectivity index (χ4n) is 2.98. The molecule has 0 aromatic heterocycles. The molecule has 1 atom stereocenters. The third-order valence-electron chi connectivity index (χ3n) is 4.62. The normalized spacial score (nSPS) is 12.4. The number of aromatic hydroxyl groups is 1. The van der Waals surface area contributed by atoms with Gasteiger partial charge in [-0.2, -0.15) is 0 Å². The number of nitrogens with one attached hydrogen (secondary N) is 1. The summed E-state index contributed by atoms with van der Waals surface area (Å²) in [6, 6.07) is 8.10. The van der Waals surface area contributed by atoms with Crippen molar-refractivity contribution in [3.05, 3.63) is 29.8 Å². The van der Waals surface area contributed by atoms with Crippen LogP contribution in [0, 0.1) is 0 Å². The van der Waals surface area contributed by atoms with Crippen molar-refractivity contribution in [2.75, 3.05) is 0 Å². The van der Waals surface area contributed by atoms with E-state index < -0.39 is 0 Å². The van der Waals surface area contributed by atoms with E-state index in [1.807, 2.05) is 18.2 Å².